The third-order valence-electron chi connectivity index (χ3n) is 2.79. The Bertz CT molecular complexity index is 690. The second-order valence-electron chi connectivity index (χ2n) is 4.35. The highest BCUT2D eigenvalue weighted by Crippen LogP contribution is 2.35. The van der Waals surface area contributed by atoms with Crippen molar-refractivity contribution < 1.29 is 13.2 Å². The summed E-state index contributed by atoms with van der Waals surface area (Å²) in [4.78, 5) is 0.588. The first-order chi connectivity index (χ1) is 9.90. The molecule has 108 valence electrons. The third kappa shape index (κ3) is 3.92. The topological polar surface area (TPSA) is 49.8 Å². The summed E-state index contributed by atoms with van der Waals surface area (Å²) in [6.07, 6.45) is -4.39. The lowest BCUT2D eigenvalue weighted by Gasteiger charge is -2.10. The minimum Gasteiger partial charge on any atom is -0.398 e. The number of hydrogen-bond donors (Lipinski definition) is 1. The van der Waals surface area contributed by atoms with E-state index in [0.717, 1.165) is 17.7 Å². The van der Waals surface area contributed by atoms with Crippen LogP contribution in [0, 0.1) is 11.3 Å². The zero-order valence-corrected chi connectivity index (χ0v) is 11.6. The molecule has 2 rings (SSSR count). The number of nitriles is 1. The molecule has 0 aromatic heterocycles. The van der Waals surface area contributed by atoms with Crippen LogP contribution < -0.4 is 5.73 Å². The van der Waals surface area contributed by atoms with Crippen LogP contribution in [0.2, 0.25) is 0 Å². The molecule has 0 radical (unpaired) electrons. The van der Waals surface area contributed by atoms with Crippen LogP contribution in [0.15, 0.2) is 47.4 Å². The van der Waals surface area contributed by atoms with Gasteiger partial charge in [0.1, 0.15) is 0 Å². The molecular weight excluding hydrogens is 297 g/mol. The molecule has 6 heteroatoms. The van der Waals surface area contributed by atoms with Gasteiger partial charge in [0.25, 0.3) is 0 Å². The van der Waals surface area contributed by atoms with Gasteiger partial charge in [-0.2, -0.15) is 18.4 Å². The molecule has 0 atom stereocenters. The Kier molecular flexibility index (Phi) is 4.43. The maximum Gasteiger partial charge on any atom is 0.416 e. The van der Waals surface area contributed by atoms with E-state index in [-0.39, 0.29) is 5.69 Å². The Morgan fingerprint density at radius 2 is 1.90 bits per heavy atom. The summed E-state index contributed by atoms with van der Waals surface area (Å²) in [6, 6.07) is 12.4. The quantitative estimate of drug-likeness (QED) is 0.673. The SMILES string of the molecule is N#Cc1cccc(CSc2ccc(C(F)(F)F)cc2N)c1. The van der Waals surface area contributed by atoms with Crippen molar-refractivity contribution in [1.82, 2.24) is 0 Å². The fourth-order valence-corrected chi connectivity index (χ4v) is 2.64. The standard InChI is InChI=1S/C15H11F3N2S/c16-15(17,18)12-4-5-14(13(20)7-12)21-9-11-3-1-2-10(6-11)8-19/h1-7H,9,20H2. The van der Waals surface area contributed by atoms with Crippen molar-refractivity contribution in [3.05, 3.63) is 59.2 Å². The molecule has 0 aliphatic heterocycles. The number of nitrogens with zero attached hydrogens (tertiary/aromatic N) is 1. The molecule has 2 N–H and O–H groups in total. The van der Waals surface area contributed by atoms with E-state index in [0.29, 0.717) is 16.2 Å². The van der Waals surface area contributed by atoms with Crippen LogP contribution in [0.25, 0.3) is 0 Å². The minimum absolute atomic E-state index is 0.103. The number of halogens is 3. The van der Waals surface area contributed by atoms with Crippen LogP contribution in [0.1, 0.15) is 16.7 Å². The third-order valence-corrected chi connectivity index (χ3v) is 3.95. The summed E-state index contributed by atoms with van der Waals surface area (Å²) >= 11 is 1.34. The summed E-state index contributed by atoms with van der Waals surface area (Å²) in [5, 5.41) is 8.81. The molecular formula is C15H11F3N2S. The van der Waals surface area contributed by atoms with Crippen molar-refractivity contribution in [2.45, 2.75) is 16.8 Å². The van der Waals surface area contributed by atoms with E-state index in [1.54, 1.807) is 18.2 Å². The van der Waals surface area contributed by atoms with Gasteiger partial charge in [0.15, 0.2) is 0 Å². The number of rotatable bonds is 3. The Balaban J connectivity index is 2.12. The average molecular weight is 308 g/mol. The van der Waals surface area contributed by atoms with Gasteiger partial charge in [0, 0.05) is 16.3 Å². The molecule has 2 aromatic rings. The van der Waals surface area contributed by atoms with Gasteiger partial charge in [-0.15, -0.1) is 11.8 Å². The first kappa shape index (κ1) is 15.3. The minimum atomic E-state index is -4.39. The van der Waals surface area contributed by atoms with Crippen molar-refractivity contribution in [1.29, 1.82) is 5.26 Å². The number of alkyl halides is 3. The van der Waals surface area contributed by atoms with Gasteiger partial charge in [-0.1, -0.05) is 12.1 Å². The smallest absolute Gasteiger partial charge is 0.398 e. The number of benzene rings is 2. The van der Waals surface area contributed by atoms with Crippen molar-refractivity contribution in [3.8, 4) is 6.07 Å². The first-order valence-electron chi connectivity index (χ1n) is 5.98. The predicted molar refractivity (Wildman–Crippen MR) is 76.6 cm³/mol. The second-order valence-corrected chi connectivity index (χ2v) is 5.37. The van der Waals surface area contributed by atoms with E-state index in [4.69, 9.17) is 11.0 Å². The van der Waals surface area contributed by atoms with Gasteiger partial charge >= 0.3 is 6.18 Å². The maximum atomic E-state index is 12.5. The molecule has 0 unspecified atom stereocenters. The summed E-state index contributed by atoms with van der Waals surface area (Å²) < 4.78 is 37.6. The largest absolute Gasteiger partial charge is 0.416 e. The summed E-state index contributed by atoms with van der Waals surface area (Å²) in [7, 11) is 0. The lowest BCUT2D eigenvalue weighted by Crippen LogP contribution is -2.05. The van der Waals surface area contributed by atoms with E-state index in [1.165, 1.54) is 17.8 Å². The molecule has 0 spiro atoms. The van der Waals surface area contributed by atoms with Gasteiger partial charge < -0.3 is 5.73 Å². The Morgan fingerprint density at radius 1 is 1.14 bits per heavy atom. The zero-order chi connectivity index (χ0) is 15.5. The highest BCUT2D eigenvalue weighted by molar-refractivity contribution is 7.98. The fourth-order valence-electron chi connectivity index (χ4n) is 1.75. The highest BCUT2D eigenvalue weighted by atomic mass is 32.2. The molecule has 0 heterocycles. The normalized spacial score (nSPS) is 11.1. The van der Waals surface area contributed by atoms with E-state index in [2.05, 4.69) is 0 Å². The summed E-state index contributed by atoms with van der Waals surface area (Å²) in [5.41, 5.74) is 6.48. The van der Waals surface area contributed by atoms with E-state index >= 15 is 0 Å². The summed E-state index contributed by atoms with van der Waals surface area (Å²) in [6.45, 7) is 0. The Morgan fingerprint density at radius 3 is 2.52 bits per heavy atom. The molecule has 0 fully saturated rings. The Hall–Kier alpha value is -2.13. The summed E-state index contributed by atoms with van der Waals surface area (Å²) in [5.74, 6) is 0.533. The van der Waals surface area contributed by atoms with Crippen molar-refractivity contribution in [2.24, 2.45) is 0 Å². The lowest BCUT2D eigenvalue weighted by molar-refractivity contribution is -0.137. The predicted octanol–water partition coefficient (Wildman–Crippen LogP) is 4.45. The molecule has 0 amide bonds. The molecule has 0 saturated carbocycles. The van der Waals surface area contributed by atoms with Crippen molar-refractivity contribution in [2.75, 3.05) is 5.73 Å². The number of nitrogen functional groups attached to an aromatic ring is 1. The van der Waals surface area contributed by atoms with Gasteiger partial charge in [-0.3, -0.25) is 0 Å². The number of thioether (sulfide) groups is 1. The maximum absolute atomic E-state index is 12.5. The molecule has 0 aliphatic rings. The zero-order valence-electron chi connectivity index (χ0n) is 10.8. The number of anilines is 1. The molecule has 0 bridgehead atoms. The highest BCUT2D eigenvalue weighted by Gasteiger charge is 2.30. The van der Waals surface area contributed by atoms with Gasteiger partial charge in [0.2, 0.25) is 0 Å². The van der Waals surface area contributed by atoms with Gasteiger partial charge in [0.05, 0.1) is 17.2 Å². The average Bonchev–Trinajstić information content (AvgIpc) is 2.45. The fraction of sp³-hybridized carbons (Fsp3) is 0.133. The monoisotopic (exact) mass is 308 g/mol. The molecule has 0 aliphatic carbocycles. The van der Waals surface area contributed by atoms with Crippen LogP contribution in [0.5, 0.6) is 0 Å². The van der Waals surface area contributed by atoms with Crippen LogP contribution >= 0.6 is 11.8 Å². The Labute approximate surface area is 124 Å². The van der Waals surface area contributed by atoms with Crippen LogP contribution in [-0.2, 0) is 11.9 Å². The van der Waals surface area contributed by atoms with Gasteiger partial charge in [-0.25, -0.2) is 0 Å². The molecule has 21 heavy (non-hydrogen) atoms. The lowest BCUT2D eigenvalue weighted by atomic mass is 10.2. The number of hydrogen-bond acceptors (Lipinski definition) is 3. The molecule has 2 aromatic carbocycles. The first-order valence-corrected chi connectivity index (χ1v) is 6.97. The van der Waals surface area contributed by atoms with Crippen molar-refractivity contribution in [3.63, 3.8) is 0 Å². The van der Waals surface area contributed by atoms with E-state index in [9.17, 15) is 13.2 Å². The van der Waals surface area contributed by atoms with E-state index in [1.807, 2.05) is 12.1 Å². The van der Waals surface area contributed by atoms with E-state index < -0.39 is 11.7 Å². The van der Waals surface area contributed by atoms with Crippen LogP contribution in [0.4, 0.5) is 18.9 Å². The van der Waals surface area contributed by atoms with Crippen molar-refractivity contribution >= 4 is 17.4 Å². The van der Waals surface area contributed by atoms with Crippen LogP contribution in [-0.4, -0.2) is 0 Å². The van der Waals surface area contributed by atoms with Gasteiger partial charge in [-0.05, 0) is 35.9 Å². The number of nitrogens with two attached hydrogens (primary N) is 1. The second kappa shape index (κ2) is 6.10. The molecule has 0 saturated heterocycles. The molecule has 2 nitrogen and oxygen atoms in total. The van der Waals surface area contributed by atoms with Crippen LogP contribution in [0.3, 0.4) is 0 Å².